The van der Waals surface area contributed by atoms with Crippen molar-refractivity contribution in [2.45, 2.75) is 31.7 Å². The summed E-state index contributed by atoms with van der Waals surface area (Å²) in [5.41, 5.74) is 3.50. The Kier molecular flexibility index (Phi) is 4.04. The van der Waals surface area contributed by atoms with E-state index in [2.05, 4.69) is 18.7 Å². The van der Waals surface area contributed by atoms with Crippen molar-refractivity contribution in [3.8, 4) is 11.5 Å². The van der Waals surface area contributed by atoms with E-state index in [1.54, 1.807) is 0 Å². The number of fused-ring (bicyclic) bond motifs is 1. The van der Waals surface area contributed by atoms with Gasteiger partial charge in [-0.05, 0) is 66.1 Å². The van der Waals surface area contributed by atoms with E-state index in [0.717, 1.165) is 17.1 Å². The Morgan fingerprint density at radius 3 is 2.68 bits per heavy atom. The summed E-state index contributed by atoms with van der Waals surface area (Å²) < 4.78 is 19.1. The molecule has 1 amide bonds. The van der Waals surface area contributed by atoms with E-state index < -0.39 is 11.7 Å². The summed E-state index contributed by atoms with van der Waals surface area (Å²) in [5.74, 6) is 0.701. The third kappa shape index (κ3) is 3.43. The van der Waals surface area contributed by atoms with Gasteiger partial charge in [0.25, 0.3) is 5.91 Å². The molecule has 0 radical (unpaired) electrons. The van der Waals surface area contributed by atoms with Gasteiger partial charge < -0.3 is 9.64 Å². The number of carbonyl (C=O) groups is 1. The van der Waals surface area contributed by atoms with Crippen molar-refractivity contribution in [3.05, 3.63) is 71.6 Å². The van der Waals surface area contributed by atoms with Crippen LogP contribution in [0.5, 0.6) is 11.5 Å². The second-order valence-corrected chi connectivity index (χ2v) is 6.76. The zero-order chi connectivity index (χ0) is 17.4. The summed E-state index contributed by atoms with van der Waals surface area (Å²) in [5, 5.41) is 0. The molecule has 0 bridgehead atoms. The molecule has 128 valence electrons. The highest BCUT2D eigenvalue weighted by atomic mass is 19.1. The van der Waals surface area contributed by atoms with Gasteiger partial charge in [0.2, 0.25) is 0 Å². The Balaban J connectivity index is 1.53. The summed E-state index contributed by atoms with van der Waals surface area (Å²) in [6, 6.07) is 14.1. The third-order valence-electron chi connectivity index (χ3n) is 4.85. The second kappa shape index (κ2) is 6.36. The first-order valence-electron chi connectivity index (χ1n) is 8.63. The molecule has 2 aromatic carbocycles. The summed E-state index contributed by atoms with van der Waals surface area (Å²) in [6.07, 6.45) is 3.23. The van der Waals surface area contributed by atoms with Crippen LogP contribution >= 0.6 is 0 Å². The SMILES string of the molecule is C=C(F)C(=O)N1CCc2ccc(Oc3cccc(C4CC4)c3)cc2C1. The van der Waals surface area contributed by atoms with Crippen molar-refractivity contribution < 1.29 is 13.9 Å². The van der Waals surface area contributed by atoms with Crippen molar-refractivity contribution in [1.82, 2.24) is 4.90 Å². The van der Waals surface area contributed by atoms with E-state index in [1.165, 1.54) is 28.9 Å². The lowest BCUT2D eigenvalue weighted by molar-refractivity contribution is -0.129. The molecule has 1 saturated carbocycles. The van der Waals surface area contributed by atoms with Crippen LogP contribution in [0.1, 0.15) is 35.4 Å². The number of hydrogen-bond donors (Lipinski definition) is 0. The zero-order valence-electron chi connectivity index (χ0n) is 14.0. The molecular formula is C21H20FNO2. The van der Waals surface area contributed by atoms with E-state index in [9.17, 15) is 9.18 Å². The first-order chi connectivity index (χ1) is 12.1. The van der Waals surface area contributed by atoms with Gasteiger partial charge in [0.15, 0.2) is 5.83 Å². The molecule has 0 saturated heterocycles. The highest BCUT2D eigenvalue weighted by molar-refractivity contribution is 5.90. The molecule has 2 aromatic rings. The minimum atomic E-state index is -0.909. The minimum Gasteiger partial charge on any atom is -0.457 e. The molecule has 0 aromatic heterocycles. The summed E-state index contributed by atoms with van der Waals surface area (Å²) in [7, 11) is 0. The first-order valence-corrected chi connectivity index (χ1v) is 8.63. The van der Waals surface area contributed by atoms with Gasteiger partial charge in [0, 0.05) is 13.1 Å². The van der Waals surface area contributed by atoms with Gasteiger partial charge in [-0.3, -0.25) is 4.79 Å². The molecule has 1 aliphatic carbocycles. The monoisotopic (exact) mass is 337 g/mol. The van der Waals surface area contributed by atoms with Crippen LogP contribution in [-0.2, 0) is 17.8 Å². The maximum Gasteiger partial charge on any atom is 0.282 e. The number of halogens is 1. The van der Waals surface area contributed by atoms with Gasteiger partial charge in [0.1, 0.15) is 11.5 Å². The first kappa shape index (κ1) is 15.9. The molecule has 0 atom stereocenters. The number of rotatable bonds is 4. The average molecular weight is 337 g/mol. The highest BCUT2D eigenvalue weighted by Crippen LogP contribution is 2.41. The van der Waals surface area contributed by atoms with E-state index in [0.29, 0.717) is 25.4 Å². The quantitative estimate of drug-likeness (QED) is 0.755. The van der Waals surface area contributed by atoms with E-state index in [-0.39, 0.29) is 0 Å². The van der Waals surface area contributed by atoms with Crippen LogP contribution in [0.2, 0.25) is 0 Å². The fraction of sp³-hybridized carbons (Fsp3) is 0.286. The van der Waals surface area contributed by atoms with Gasteiger partial charge in [-0.1, -0.05) is 24.8 Å². The minimum absolute atomic E-state index is 0.385. The van der Waals surface area contributed by atoms with Crippen LogP contribution in [0, 0.1) is 0 Å². The van der Waals surface area contributed by atoms with Crippen LogP contribution in [0.25, 0.3) is 0 Å². The average Bonchev–Trinajstić information content (AvgIpc) is 3.46. The predicted octanol–water partition coefficient (Wildman–Crippen LogP) is 4.72. The van der Waals surface area contributed by atoms with Gasteiger partial charge in [-0.25, -0.2) is 4.39 Å². The fourth-order valence-corrected chi connectivity index (χ4v) is 3.33. The Morgan fingerprint density at radius 2 is 1.92 bits per heavy atom. The fourth-order valence-electron chi connectivity index (χ4n) is 3.33. The lowest BCUT2D eigenvalue weighted by atomic mass is 9.99. The Bertz CT molecular complexity index is 842. The van der Waals surface area contributed by atoms with Crippen molar-refractivity contribution in [1.29, 1.82) is 0 Å². The number of amides is 1. The Morgan fingerprint density at radius 1 is 1.12 bits per heavy atom. The number of hydrogen-bond acceptors (Lipinski definition) is 2. The van der Waals surface area contributed by atoms with Crippen molar-refractivity contribution in [2.24, 2.45) is 0 Å². The Hall–Kier alpha value is -2.62. The zero-order valence-corrected chi connectivity index (χ0v) is 14.0. The number of carbonyl (C=O) groups excluding carboxylic acids is 1. The maximum absolute atomic E-state index is 13.1. The Labute approximate surface area is 146 Å². The standard InChI is InChI=1S/C21H20FNO2/c1-14(22)21(24)23-10-9-16-7-8-20(12-18(16)13-23)25-19-4-2-3-17(11-19)15-5-6-15/h2-4,7-8,11-12,15H,1,5-6,9-10,13H2. The predicted molar refractivity (Wildman–Crippen MR) is 94.3 cm³/mol. The summed E-state index contributed by atoms with van der Waals surface area (Å²) >= 11 is 0. The number of ether oxygens (including phenoxy) is 1. The topological polar surface area (TPSA) is 29.5 Å². The third-order valence-corrected chi connectivity index (χ3v) is 4.85. The molecule has 25 heavy (non-hydrogen) atoms. The molecule has 0 spiro atoms. The number of nitrogens with zero attached hydrogens (tertiary/aromatic N) is 1. The highest BCUT2D eigenvalue weighted by Gasteiger charge is 2.24. The molecule has 2 aliphatic rings. The van der Waals surface area contributed by atoms with Gasteiger partial charge in [-0.15, -0.1) is 0 Å². The van der Waals surface area contributed by atoms with Gasteiger partial charge in [0.05, 0.1) is 0 Å². The molecule has 4 heteroatoms. The van der Waals surface area contributed by atoms with Crippen molar-refractivity contribution in [3.63, 3.8) is 0 Å². The lowest BCUT2D eigenvalue weighted by Gasteiger charge is -2.28. The summed E-state index contributed by atoms with van der Waals surface area (Å²) in [4.78, 5) is 13.3. The van der Waals surface area contributed by atoms with E-state index in [4.69, 9.17) is 4.74 Å². The van der Waals surface area contributed by atoms with Crippen LogP contribution < -0.4 is 4.74 Å². The molecule has 3 nitrogen and oxygen atoms in total. The lowest BCUT2D eigenvalue weighted by Crippen LogP contribution is -2.36. The van der Waals surface area contributed by atoms with E-state index >= 15 is 0 Å². The van der Waals surface area contributed by atoms with E-state index in [1.807, 2.05) is 30.3 Å². The molecule has 1 fully saturated rings. The number of benzene rings is 2. The molecule has 1 aliphatic heterocycles. The van der Waals surface area contributed by atoms with Crippen LogP contribution in [-0.4, -0.2) is 17.4 Å². The molecule has 4 rings (SSSR count). The smallest absolute Gasteiger partial charge is 0.282 e. The second-order valence-electron chi connectivity index (χ2n) is 6.76. The molecule has 0 N–H and O–H groups in total. The van der Waals surface area contributed by atoms with Gasteiger partial charge in [-0.2, -0.15) is 0 Å². The summed E-state index contributed by atoms with van der Waals surface area (Å²) in [6.45, 7) is 4.00. The largest absolute Gasteiger partial charge is 0.457 e. The van der Waals surface area contributed by atoms with Crippen molar-refractivity contribution >= 4 is 5.91 Å². The van der Waals surface area contributed by atoms with Crippen LogP contribution in [0.3, 0.4) is 0 Å². The molecular weight excluding hydrogens is 317 g/mol. The normalized spacial score (nSPS) is 16.3. The molecule has 1 heterocycles. The van der Waals surface area contributed by atoms with Crippen LogP contribution in [0.4, 0.5) is 4.39 Å². The van der Waals surface area contributed by atoms with Crippen molar-refractivity contribution in [2.75, 3.05) is 6.54 Å². The molecule has 0 unspecified atom stereocenters. The van der Waals surface area contributed by atoms with Gasteiger partial charge >= 0.3 is 0 Å². The van der Waals surface area contributed by atoms with Crippen LogP contribution in [0.15, 0.2) is 54.9 Å². The maximum atomic E-state index is 13.1.